The fraction of sp³-hybridized carbons (Fsp3) is 0.318. The van der Waals surface area contributed by atoms with Gasteiger partial charge in [-0.3, -0.25) is 14.4 Å². The Kier molecular flexibility index (Phi) is 6.98. The van der Waals surface area contributed by atoms with Gasteiger partial charge in [0.25, 0.3) is 11.8 Å². The van der Waals surface area contributed by atoms with Crippen LogP contribution in [-0.4, -0.2) is 48.5 Å². The molecule has 0 aliphatic rings. The fourth-order valence-corrected chi connectivity index (χ4v) is 2.97. The third-order valence-electron chi connectivity index (χ3n) is 4.79. The Hall–Kier alpha value is -3.35. The Morgan fingerprint density at radius 2 is 1.76 bits per heavy atom. The summed E-state index contributed by atoms with van der Waals surface area (Å²) in [4.78, 5) is 38.3. The Morgan fingerprint density at radius 3 is 2.38 bits per heavy atom. The van der Waals surface area contributed by atoms with Crippen LogP contribution in [0.2, 0.25) is 0 Å². The van der Waals surface area contributed by atoms with Crippen LogP contribution in [0.3, 0.4) is 0 Å². The molecule has 0 heterocycles. The number of hydrogen-bond acceptors (Lipinski definition) is 4. The zero-order chi connectivity index (χ0) is 21.6. The highest BCUT2D eigenvalue weighted by atomic mass is 16.5. The maximum Gasteiger partial charge on any atom is 0.306 e. The summed E-state index contributed by atoms with van der Waals surface area (Å²) in [5.41, 5.74) is 0.103. The molecule has 0 fully saturated rings. The summed E-state index contributed by atoms with van der Waals surface area (Å²) < 4.78 is 5.22. The average molecular weight is 398 g/mol. The molecule has 2 amide bonds. The van der Waals surface area contributed by atoms with Crippen LogP contribution in [0.1, 0.15) is 46.5 Å². The number of benzene rings is 2. The standard InChI is InChI=1S/C22H26N2O5/c1-5-24(3)21(28)16-9-6-8-15(12-16)20(27)23-22(2,14-19(25)26)17-10-7-11-18(13-17)29-4/h6-13H,5,14H2,1-4H3,(H,23,27)(H,25,26). The highest BCUT2D eigenvalue weighted by Crippen LogP contribution is 2.28. The van der Waals surface area contributed by atoms with Crippen molar-refractivity contribution in [3.05, 3.63) is 65.2 Å². The molecule has 0 radical (unpaired) electrons. The van der Waals surface area contributed by atoms with Crippen molar-refractivity contribution in [1.29, 1.82) is 0 Å². The number of amides is 2. The molecule has 0 aromatic heterocycles. The zero-order valence-electron chi connectivity index (χ0n) is 17.1. The van der Waals surface area contributed by atoms with Crippen molar-refractivity contribution in [2.75, 3.05) is 20.7 Å². The molecule has 154 valence electrons. The zero-order valence-corrected chi connectivity index (χ0v) is 17.1. The number of carbonyl (C=O) groups excluding carboxylic acids is 2. The van der Waals surface area contributed by atoms with E-state index in [2.05, 4.69) is 5.32 Å². The predicted molar refractivity (Wildman–Crippen MR) is 109 cm³/mol. The first-order valence-electron chi connectivity index (χ1n) is 9.24. The van der Waals surface area contributed by atoms with E-state index in [1.165, 1.54) is 13.2 Å². The van der Waals surface area contributed by atoms with Crippen LogP contribution in [0.15, 0.2) is 48.5 Å². The third kappa shape index (κ3) is 5.34. The lowest BCUT2D eigenvalue weighted by Crippen LogP contribution is -2.45. The molecule has 1 atom stereocenters. The summed E-state index contributed by atoms with van der Waals surface area (Å²) in [7, 11) is 3.20. The van der Waals surface area contributed by atoms with Crippen LogP contribution < -0.4 is 10.1 Å². The summed E-state index contributed by atoms with van der Waals surface area (Å²) in [6.45, 7) is 4.05. The minimum absolute atomic E-state index is 0.191. The van der Waals surface area contributed by atoms with E-state index in [-0.39, 0.29) is 17.9 Å². The highest BCUT2D eigenvalue weighted by Gasteiger charge is 2.32. The van der Waals surface area contributed by atoms with Crippen molar-refractivity contribution in [3.63, 3.8) is 0 Å². The number of aliphatic carboxylic acids is 1. The van der Waals surface area contributed by atoms with Gasteiger partial charge in [0, 0.05) is 24.7 Å². The first-order chi connectivity index (χ1) is 13.7. The monoisotopic (exact) mass is 398 g/mol. The van der Waals surface area contributed by atoms with Gasteiger partial charge in [0.15, 0.2) is 0 Å². The second-order valence-electron chi connectivity index (χ2n) is 6.99. The second kappa shape index (κ2) is 9.23. The van der Waals surface area contributed by atoms with Gasteiger partial charge in [0.05, 0.1) is 19.1 Å². The Labute approximate surface area is 170 Å². The van der Waals surface area contributed by atoms with Crippen LogP contribution in [0.25, 0.3) is 0 Å². The van der Waals surface area contributed by atoms with Gasteiger partial charge in [-0.05, 0) is 49.7 Å². The number of nitrogens with zero attached hydrogens (tertiary/aromatic N) is 1. The molecular weight excluding hydrogens is 372 g/mol. The van der Waals surface area contributed by atoms with E-state index in [0.29, 0.717) is 23.4 Å². The van der Waals surface area contributed by atoms with Crippen molar-refractivity contribution >= 4 is 17.8 Å². The Morgan fingerprint density at radius 1 is 1.10 bits per heavy atom. The molecule has 0 spiro atoms. The molecule has 2 N–H and O–H groups in total. The normalized spacial score (nSPS) is 12.6. The molecule has 0 saturated carbocycles. The molecule has 29 heavy (non-hydrogen) atoms. The summed E-state index contributed by atoms with van der Waals surface area (Å²) in [5, 5.41) is 12.2. The molecule has 2 aromatic rings. The molecular formula is C22H26N2O5. The molecule has 2 aromatic carbocycles. The summed E-state index contributed by atoms with van der Waals surface area (Å²) >= 11 is 0. The Bertz CT molecular complexity index is 912. The highest BCUT2D eigenvalue weighted by molar-refractivity contribution is 6.00. The molecule has 0 aliphatic carbocycles. The third-order valence-corrected chi connectivity index (χ3v) is 4.79. The van der Waals surface area contributed by atoms with Crippen LogP contribution in [0, 0.1) is 0 Å². The van der Waals surface area contributed by atoms with Gasteiger partial charge >= 0.3 is 5.97 Å². The number of methoxy groups -OCH3 is 1. The van der Waals surface area contributed by atoms with Gasteiger partial charge in [-0.1, -0.05) is 18.2 Å². The van der Waals surface area contributed by atoms with Crippen LogP contribution in [-0.2, 0) is 10.3 Å². The molecule has 7 heteroatoms. The van der Waals surface area contributed by atoms with Crippen molar-refractivity contribution in [2.24, 2.45) is 0 Å². The smallest absolute Gasteiger partial charge is 0.306 e. The molecule has 7 nitrogen and oxygen atoms in total. The Balaban J connectivity index is 2.35. The molecule has 1 unspecified atom stereocenters. The molecule has 2 rings (SSSR count). The quantitative estimate of drug-likeness (QED) is 0.713. The number of carboxylic acid groups (broad SMARTS) is 1. The lowest BCUT2D eigenvalue weighted by atomic mass is 9.88. The van der Waals surface area contributed by atoms with Crippen molar-refractivity contribution in [2.45, 2.75) is 25.8 Å². The summed E-state index contributed by atoms with van der Waals surface area (Å²) in [5.74, 6) is -1.15. The number of carbonyl (C=O) groups is 3. The van der Waals surface area contributed by atoms with E-state index in [1.807, 2.05) is 6.92 Å². The number of hydrogen-bond donors (Lipinski definition) is 2. The van der Waals surface area contributed by atoms with E-state index in [4.69, 9.17) is 4.74 Å². The summed E-state index contributed by atoms with van der Waals surface area (Å²) in [6, 6.07) is 13.3. The minimum atomic E-state index is -1.17. The summed E-state index contributed by atoms with van der Waals surface area (Å²) in [6.07, 6.45) is -0.316. The van der Waals surface area contributed by atoms with E-state index in [1.54, 1.807) is 61.3 Å². The van der Waals surface area contributed by atoms with Crippen LogP contribution in [0.5, 0.6) is 5.75 Å². The molecule has 0 saturated heterocycles. The lowest BCUT2D eigenvalue weighted by molar-refractivity contribution is -0.138. The number of carboxylic acids is 1. The van der Waals surface area contributed by atoms with Crippen molar-refractivity contribution in [1.82, 2.24) is 10.2 Å². The van der Waals surface area contributed by atoms with Gasteiger partial charge in [-0.15, -0.1) is 0 Å². The molecule has 0 bridgehead atoms. The number of nitrogens with one attached hydrogen (secondary N) is 1. The van der Waals surface area contributed by atoms with Crippen LogP contribution in [0.4, 0.5) is 0 Å². The fourth-order valence-electron chi connectivity index (χ4n) is 2.97. The van der Waals surface area contributed by atoms with Gasteiger partial charge < -0.3 is 20.1 Å². The predicted octanol–water partition coefficient (Wildman–Crippen LogP) is 2.91. The first kappa shape index (κ1) is 21.9. The topological polar surface area (TPSA) is 95.9 Å². The van der Waals surface area contributed by atoms with Gasteiger partial charge in [0.2, 0.25) is 0 Å². The van der Waals surface area contributed by atoms with E-state index in [0.717, 1.165) is 0 Å². The van der Waals surface area contributed by atoms with E-state index >= 15 is 0 Å². The van der Waals surface area contributed by atoms with Gasteiger partial charge in [-0.2, -0.15) is 0 Å². The number of ether oxygens (including phenoxy) is 1. The SMILES string of the molecule is CCN(C)C(=O)c1cccc(C(=O)NC(C)(CC(=O)O)c2cccc(OC)c2)c1. The maximum atomic E-state index is 12.9. The average Bonchev–Trinajstić information content (AvgIpc) is 2.72. The van der Waals surface area contributed by atoms with Crippen LogP contribution >= 0.6 is 0 Å². The minimum Gasteiger partial charge on any atom is -0.497 e. The van der Waals surface area contributed by atoms with Crippen molar-refractivity contribution in [3.8, 4) is 5.75 Å². The van der Waals surface area contributed by atoms with E-state index in [9.17, 15) is 19.5 Å². The second-order valence-corrected chi connectivity index (χ2v) is 6.99. The van der Waals surface area contributed by atoms with Gasteiger partial charge in [0.1, 0.15) is 5.75 Å². The number of rotatable bonds is 8. The first-order valence-corrected chi connectivity index (χ1v) is 9.24. The van der Waals surface area contributed by atoms with Crippen molar-refractivity contribution < 1.29 is 24.2 Å². The molecule has 0 aliphatic heterocycles. The van der Waals surface area contributed by atoms with Gasteiger partial charge in [-0.25, -0.2) is 0 Å². The largest absolute Gasteiger partial charge is 0.497 e. The maximum absolute atomic E-state index is 12.9. The lowest BCUT2D eigenvalue weighted by Gasteiger charge is -2.30. The van der Waals surface area contributed by atoms with E-state index < -0.39 is 17.4 Å².